The van der Waals surface area contributed by atoms with E-state index < -0.39 is 38.0 Å². The van der Waals surface area contributed by atoms with Crippen molar-refractivity contribution in [3.63, 3.8) is 0 Å². The van der Waals surface area contributed by atoms with Gasteiger partial charge >= 0.3 is 44.5 Å². The van der Waals surface area contributed by atoms with Gasteiger partial charge in [0.05, 0.1) is 12.5 Å². The number of nitrogens with zero attached hydrogens (tertiary/aromatic N) is 1. The van der Waals surface area contributed by atoms with Crippen molar-refractivity contribution in [1.82, 2.24) is 0 Å². The molecule has 0 aliphatic rings. The molecule has 0 aromatic rings. The molecular formula is C6H6BF3LiNO7. The molecule has 0 rings (SSSR count). The van der Waals surface area contributed by atoms with Gasteiger partial charge in [-0.05, 0) is 0 Å². The SMILES string of the molecule is N#CC(CC(=O)O)C(=O)OC(F)(F)F.[Li+].[O-]B(O)O. The third-order valence-corrected chi connectivity index (χ3v) is 1.04. The first kappa shape index (κ1) is 22.9. The Morgan fingerprint density at radius 1 is 1.42 bits per heavy atom. The zero-order chi connectivity index (χ0) is 14.9. The summed E-state index contributed by atoms with van der Waals surface area (Å²) in [5.74, 6) is -5.42. The van der Waals surface area contributed by atoms with Crippen LogP contribution in [0.5, 0.6) is 0 Å². The molecule has 102 valence electrons. The Hall–Kier alpha value is -1.24. The fourth-order valence-electron chi connectivity index (χ4n) is 0.541. The van der Waals surface area contributed by atoms with E-state index in [1.54, 1.807) is 0 Å². The number of hydrogen-bond acceptors (Lipinski definition) is 7. The van der Waals surface area contributed by atoms with Crippen molar-refractivity contribution in [2.75, 3.05) is 0 Å². The van der Waals surface area contributed by atoms with Gasteiger partial charge < -0.3 is 24.9 Å². The van der Waals surface area contributed by atoms with Crippen molar-refractivity contribution in [1.29, 1.82) is 5.26 Å². The van der Waals surface area contributed by atoms with Crippen LogP contribution in [-0.2, 0) is 14.3 Å². The van der Waals surface area contributed by atoms with Crippen molar-refractivity contribution in [3.05, 3.63) is 0 Å². The Morgan fingerprint density at radius 3 is 2.00 bits per heavy atom. The summed E-state index contributed by atoms with van der Waals surface area (Å²) < 4.78 is 37.2. The Morgan fingerprint density at radius 2 is 1.79 bits per heavy atom. The molecule has 1 atom stereocenters. The minimum absolute atomic E-state index is 0. The minimum Gasteiger partial charge on any atom is -0.832 e. The van der Waals surface area contributed by atoms with Crippen LogP contribution in [0.15, 0.2) is 0 Å². The van der Waals surface area contributed by atoms with Gasteiger partial charge in [0.2, 0.25) is 0 Å². The second kappa shape index (κ2) is 10.7. The second-order valence-corrected chi connectivity index (χ2v) is 2.47. The van der Waals surface area contributed by atoms with Crippen LogP contribution in [0.3, 0.4) is 0 Å². The molecule has 1 unspecified atom stereocenters. The van der Waals surface area contributed by atoms with Gasteiger partial charge in [0.1, 0.15) is 0 Å². The fraction of sp³-hybridized carbons (Fsp3) is 0.500. The zero-order valence-corrected chi connectivity index (χ0v) is 9.42. The molecule has 3 N–H and O–H groups in total. The Bertz CT molecular complexity index is 329. The Labute approximate surface area is 116 Å². The Balaban J connectivity index is -0.000000448. The van der Waals surface area contributed by atoms with Gasteiger partial charge in [0.15, 0.2) is 5.92 Å². The summed E-state index contributed by atoms with van der Waals surface area (Å²) in [5.41, 5.74) is 0. The van der Waals surface area contributed by atoms with Gasteiger partial charge in [0, 0.05) is 0 Å². The molecule has 19 heavy (non-hydrogen) atoms. The first-order valence-corrected chi connectivity index (χ1v) is 3.92. The van der Waals surface area contributed by atoms with E-state index >= 15 is 0 Å². The monoisotopic (exact) mass is 279 g/mol. The van der Waals surface area contributed by atoms with E-state index in [-0.39, 0.29) is 18.9 Å². The van der Waals surface area contributed by atoms with E-state index in [0.717, 1.165) is 6.07 Å². The maximum atomic E-state index is 11.4. The maximum Gasteiger partial charge on any atom is 1.00 e. The van der Waals surface area contributed by atoms with Crippen LogP contribution in [0.2, 0.25) is 0 Å². The Kier molecular flexibility index (Phi) is 12.9. The van der Waals surface area contributed by atoms with Crippen LogP contribution in [0.4, 0.5) is 13.2 Å². The number of rotatable bonds is 3. The average molecular weight is 279 g/mol. The number of alkyl halides is 3. The van der Waals surface area contributed by atoms with Gasteiger partial charge in [0.25, 0.3) is 0 Å². The van der Waals surface area contributed by atoms with E-state index in [9.17, 15) is 22.8 Å². The second-order valence-electron chi connectivity index (χ2n) is 2.47. The van der Waals surface area contributed by atoms with Crippen LogP contribution < -0.4 is 23.9 Å². The van der Waals surface area contributed by atoms with Crippen LogP contribution in [0.25, 0.3) is 0 Å². The third-order valence-electron chi connectivity index (χ3n) is 1.04. The van der Waals surface area contributed by atoms with Crippen LogP contribution in [0.1, 0.15) is 6.42 Å². The average Bonchev–Trinajstić information content (AvgIpc) is 2.09. The molecule has 0 aliphatic carbocycles. The molecule has 0 aromatic carbocycles. The van der Waals surface area contributed by atoms with Crippen molar-refractivity contribution < 1.29 is 66.5 Å². The van der Waals surface area contributed by atoms with E-state index in [4.69, 9.17) is 25.4 Å². The first-order valence-electron chi connectivity index (χ1n) is 3.92. The number of carbonyl (C=O) groups is 2. The molecule has 0 aliphatic heterocycles. The molecule has 0 aromatic heterocycles. The van der Waals surface area contributed by atoms with Gasteiger partial charge in [-0.3, -0.25) is 9.59 Å². The normalized spacial score (nSPS) is 10.8. The third kappa shape index (κ3) is 19.3. The zero-order valence-electron chi connectivity index (χ0n) is 9.42. The molecule has 0 radical (unpaired) electrons. The molecular weight excluding hydrogens is 273 g/mol. The maximum absolute atomic E-state index is 11.4. The number of esters is 1. The molecule has 0 bridgehead atoms. The van der Waals surface area contributed by atoms with Gasteiger partial charge in [-0.25, -0.2) is 0 Å². The quantitative estimate of drug-likeness (QED) is 0.343. The van der Waals surface area contributed by atoms with Crippen molar-refractivity contribution in [2.45, 2.75) is 12.8 Å². The molecule has 0 fully saturated rings. The number of nitriles is 1. The topological polar surface area (TPSA) is 151 Å². The number of carboxylic acids is 1. The molecule has 0 saturated carbocycles. The van der Waals surface area contributed by atoms with Crippen molar-refractivity contribution in [2.24, 2.45) is 5.92 Å². The van der Waals surface area contributed by atoms with Gasteiger partial charge in [-0.2, -0.15) is 5.26 Å². The number of carboxylic acid groups (broad SMARTS) is 1. The smallest absolute Gasteiger partial charge is 0.832 e. The predicted octanol–water partition coefficient (Wildman–Crippen LogP) is -5.02. The largest absolute Gasteiger partial charge is 1.00 e. The summed E-state index contributed by atoms with van der Waals surface area (Å²) in [6.45, 7) is 0. The van der Waals surface area contributed by atoms with Crippen LogP contribution in [0, 0.1) is 17.2 Å². The molecule has 0 saturated heterocycles. The standard InChI is InChI=1S/C6H4F3NO4.BH2O3.Li/c7-6(8,9)14-5(13)3(2-10)1-4(11)12;2-1(3)4;/h3H,1H2,(H,11,12);2-3H;/q;-1;+1. The fourth-order valence-corrected chi connectivity index (χ4v) is 0.541. The van der Waals surface area contributed by atoms with Gasteiger partial charge in [-0.1, -0.05) is 0 Å². The number of aliphatic carboxylic acids is 1. The molecule has 0 spiro atoms. The van der Waals surface area contributed by atoms with Crippen molar-refractivity contribution in [3.8, 4) is 6.07 Å². The molecule has 8 nitrogen and oxygen atoms in total. The summed E-state index contributed by atoms with van der Waals surface area (Å²) >= 11 is 0. The summed E-state index contributed by atoms with van der Waals surface area (Å²) in [7, 11) is -2.42. The van der Waals surface area contributed by atoms with E-state index in [1.807, 2.05) is 0 Å². The summed E-state index contributed by atoms with van der Waals surface area (Å²) in [6.07, 6.45) is -6.23. The summed E-state index contributed by atoms with van der Waals surface area (Å²) in [6, 6.07) is 1.10. The van der Waals surface area contributed by atoms with Crippen molar-refractivity contribution >= 4 is 19.3 Å². The number of hydrogen-bond donors (Lipinski definition) is 3. The number of carbonyl (C=O) groups excluding carboxylic acids is 1. The predicted molar refractivity (Wildman–Crippen MR) is 43.7 cm³/mol. The van der Waals surface area contributed by atoms with Gasteiger partial charge in [-0.15, -0.1) is 13.2 Å². The van der Waals surface area contributed by atoms with Crippen LogP contribution in [-0.4, -0.2) is 40.8 Å². The number of halogens is 3. The van der Waals surface area contributed by atoms with E-state index in [1.165, 1.54) is 0 Å². The molecule has 0 amide bonds. The van der Waals surface area contributed by atoms with E-state index in [0.29, 0.717) is 0 Å². The number of ether oxygens (including phenoxy) is 1. The molecule has 0 heterocycles. The summed E-state index contributed by atoms with van der Waals surface area (Å²) in [5, 5.41) is 39.0. The first-order chi connectivity index (χ1) is 7.99. The van der Waals surface area contributed by atoms with Crippen LogP contribution >= 0.6 is 0 Å². The summed E-state index contributed by atoms with van der Waals surface area (Å²) in [4.78, 5) is 20.5. The van der Waals surface area contributed by atoms with E-state index in [2.05, 4.69) is 4.74 Å². The minimum atomic E-state index is -5.20. The molecule has 13 heteroatoms.